The largest absolute Gasteiger partial charge is 0.384 e. The molecule has 1 saturated heterocycles. The Bertz CT molecular complexity index is 961. The molecule has 162 valence electrons. The van der Waals surface area contributed by atoms with E-state index in [1.807, 2.05) is 37.6 Å². The van der Waals surface area contributed by atoms with E-state index in [2.05, 4.69) is 37.3 Å². The van der Waals surface area contributed by atoms with Gasteiger partial charge in [0.1, 0.15) is 11.6 Å². The van der Waals surface area contributed by atoms with Gasteiger partial charge in [-0.25, -0.2) is 15.0 Å². The molecule has 0 unspecified atom stereocenters. The van der Waals surface area contributed by atoms with Crippen molar-refractivity contribution in [3.8, 4) is 0 Å². The lowest BCUT2D eigenvalue weighted by molar-refractivity contribution is 0.197. The first-order chi connectivity index (χ1) is 15.2. The van der Waals surface area contributed by atoms with Gasteiger partial charge in [-0.2, -0.15) is 0 Å². The van der Waals surface area contributed by atoms with Gasteiger partial charge in [0.2, 0.25) is 0 Å². The van der Waals surface area contributed by atoms with E-state index in [4.69, 9.17) is 9.72 Å². The molecular formula is C24H30N6O. The first-order valence-electron chi connectivity index (χ1n) is 10.9. The molecule has 0 spiro atoms. The fourth-order valence-corrected chi connectivity index (χ4v) is 3.96. The number of piperidine rings is 1. The molecule has 3 aromatic rings. The van der Waals surface area contributed by atoms with Crippen molar-refractivity contribution in [1.82, 2.24) is 24.8 Å². The van der Waals surface area contributed by atoms with Crippen LogP contribution in [0.25, 0.3) is 0 Å². The third-order valence-electron chi connectivity index (χ3n) is 5.68. The maximum atomic E-state index is 5.09. The number of anilines is 2. The summed E-state index contributed by atoms with van der Waals surface area (Å²) in [5, 5.41) is 3.36. The van der Waals surface area contributed by atoms with Crippen LogP contribution in [0.1, 0.15) is 41.4 Å². The molecule has 4 rings (SSSR count). The van der Waals surface area contributed by atoms with E-state index in [1.54, 1.807) is 13.3 Å². The van der Waals surface area contributed by atoms with E-state index in [0.717, 1.165) is 60.2 Å². The van der Waals surface area contributed by atoms with Crippen LogP contribution in [0.2, 0.25) is 0 Å². The highest BCUT2D eigenvalue weighted by Gasteiger charge is 2.22. The average molecular weight is 419 g/mol. The molecule has 1 aliphatic rings. The predicted molar refractivity (Wildman–Crippen MR) is 121 cm³/mol. The molecule has 0 aromatic carbocycles. The minimum atomic E-state index is 0.446. The predicted octanol–water partition coefficient (Wildman–Crippen LogP) is 3.89. The summed E-state index contributed by atoms with van der Waals surface area (Å²) < 4.78 is 5.09. The molecule has 1 aliphatic heterocycles. The highest BCUT2D eigenvalue weighted by molar-refractivity contribution is 5.57. The molecule has 0 radical (unpaired) electrons. The standard InChI is InChI=1S/C24H30N6O/c1-18-5-3-10-25-24(18)29-21-7-8-22(26-15-21)20-6-4-11-30(17-20)16-19-13-27-23(28-14-19)9-12-31-2/h3,5,7-8,10,13-15,20H,4,6,9,11-12,16-17H2,1-2H3,(H,25,29)/t20-/m0/s1. The Balaban J connectivity index is 1.34. The van der Waals surface area contributed by atoms with Gasteiger partial charge in [0, 0.05) is 62.4 Å². The summed E-state index contributed by atoms with van der Waals surface area (Å²) >= 11 is 0. The number of methoxy groups -OCH3 is 1. The number of aromatic nitrogens is 4. The number of pyridine rings is 2. The van der Waals surface area contributed by atoms with E-state index < -0.39 is 0 Å². The van der Waals surface area contributed by atoms with Gasteiger partial charge in [0.05, 0.1) is 18.5 Å². The van der Waals surface area contributed by atoms with E-state index in [-0.39, 0.29) is 0 Å². The summed E-state index contributed by atoms with van der Waals surface area (Å²) in [5.74, 6) is 2.15. The van der Waals surface area contributed by atoms with Crippen molar-refractivity contribution in [2.24, 2.45) is 0 Å². The van der Waals surface area contributed by atoms with Gasteiger partial charge in [-0.15, -0.1) is 0 Å². The van der Waals surface area contributed by atoms with Crippen molar-refractivity contribution in [1.29, 1.82) is 0 Å². The third kappa shape index (κ3) is 5.83. The second kappa shape index (κ2) is 10.4. The van der Waals surface area contributed by atoms with Crippen LogP contribution >= 0.6 is 0 Å². The molecule has 0 saturated carbocycles. The third-order valence-corrected chi connectivity index (χ3v) is 5.68. The number of rotatable bonds is 8. The molecule has 4 heterocycles. The molecule has 0 bridgehead atoms. The highest BCUT2D eigenvalue weighted by Crippen LogP contribution is 2.27. The number of likely N-dealkylation sites (tertiary alicyclic amines) is 1. The molecule has 1 fully saturated rings. The monoisotopic (exact) mass is 418 g/mol. The molecule has 7 heteroatoms. The lowest BCUT2D eigenvalue weighted by Gasteiger charge is -2.32. The number of hydrogen-bond donors (Lipinski definition) is 1. The zero-order valence-corrected chi connectivity index (χ0v) is 18.3. The van der Waals surface area contributed by atoms with Crippen molar-refractivity contribution < 1.29 is 4.74 Å². The van der Waals surface area contributed by atoms with Gasteiger partial charge in [0.25, 0.3) is 0 Å². The Morgan fingerprint density at radius 3 is 2.71 bits per heavy atom. The summed E-state index contributed by atoms with van der Waals surface area (Å²) in [6.07, 6.45) is 10.7. The smallest absolute Gasteiger partial charge is 0.133 e. The molecule has 31 heavy (non-hydrogen) atoms. The van der Waals surface area contributed by atoms with Crippen molar-refractivity contribution in [3.63, 3.8) is 0 Å². The van der Waals surface area contributed by atoms with Gasteiger partial charge in [-0.1, -0.05) is 6.07 Å². The molecule has 3 aromatic heterocycles. The lowest BCUT2D eigenvalue weighted by atomic mass is 9.94. The Kier molecular flexibility index (Phi) is 7.17. The zero-order valence-electron chi connectivity index (χ0n) is 18.3. The normalized spacial score (nSPS) is 16.9. The maximum Gasteiger partial charge on any atom is 0.133 e. The summed E-state index contributed by atoms with van der Waals surface area (Å²) in [5.41, 5.74) is 4.38. The van der Waals surface area contributed by atoms with Crippen LogP contribution < -0.4 is 5.32 Å². The van der Waals surface area contributed by atoms with Crippen molar-refractivity contribution in [3.05, 3.63) is 71.7 Å². The van der Waals surface area contributed by atoms with Crippen molar-refractivity contribution in [2.45, 2.75) is 38.6 Å². The van der Waals surface area contributed by atoms with Gasteiger partial charge >= 0.3 is 0 Å². The van der Waals surface area contributed by atoms with Crippen LogP contribution in [0.3, 0.4) is 0 Å². The molecule has 0 aliphatic carbocycles. The Morgan fingerprint density at radius 1 is 1.10 bits per heavy atom. The number of hydrogen-bond acceptors (Lipinski definition) is 7. The minimum Gasteiger partial charge on any atom is -0.384 e. The van der Waals surface area contributed by atoms with Crippen molar-refractivity contribution >= 4 is 11.5 Å². The first-order valence-corrected chi connectivity index (χ1v) is 10.9. The van der Waals surface area contributed by atoms with Crippen LogP contribution in [0.5, 0.6) is 0 Å². The van der Waals surface area contributed by atoms with E-state index >= 15 is 0 Å². The number of aryl methyl sites for hydroxylation is 1. The second-order valence-corrected chi connectivity index (χ2v) is 8.09. The van der Waals surface area contributed by atoms with Gasteiger partial charge in [-0.05, 0) is 50.1 Å². The molecule has 0 amide bonds. The van der Waals surface area contributed by atoms with Crippen LogP contribution in [0.4, 0.5) is 11.5 Å². The fraction of sp³-hybridized carbons (Fsp3) is 0.417. The summed E-state index contributed by atoms with van der Waals surface area (Å²) in [6, 6.07) is 8.23. The zero-order chi connectivity index (χ0) is 21.5. The van der Waals surface area contributed by atoms with E-state index in [1.165, 1.54) is 12.8 Å². The van der Waals surface area contributed by atoms with E-state index in [9.17, 15) is 0 Å². The SMILES string of the molecule is COCCc1ncc(CN2CCC[C@H](c3ccc(Nc4ncccc4C)cn3)C2)cn1. The van der Waals surface area contributed by atoms with Gasteiger partial charge < -0.3 is 10.1 Å². The quantitative estimate of drug-likeness (QED) is 0.595. The van der Waals surface area contributed by atoms with Crippen LogP contribution in [-0.2, 0) is 17.7 Å². The van der Waals surface area contributed by atoms with E-state index in [0.29, 0.717) is 12.5 Å². The lowest BCUT2D eigenvalue weighted by Crippen LogP contribution is -2.34. The molecule has 1 atom stereocenters. The Labute approximate surface area is 183 Å². The summed E-state index contributed by atoms with van der Waals surface area (Å²) in [6.45, 7) is 5.67. The average Bonchev–Trinajstić information content (AvgIpc) is 2.81. The Hall–Kier alpha value is -2.90. The molecule has 7 nitrogen and oxygen atoms in total. The topological polar surface area (TPSA) is 76.1 Å². The van der Waals surface area contributed by atoms with Gasteiger partial charge in [0.15, 0.2) is 0 Å². The van der Waals surface area contributed by atoms with Crippen LogP contribution in [0, 0.1) is 6.92 Å². The number of nitrogens with one attached hydrogen (secondary N) is 1. The second-order valence-electron chi connectivity index (χ2n) is 8.09. The summed E-state index contributed by atoms with van der Waals surface area (Å²) in [4.78, 5) is 20.6. The van der Waals surface area contributed by atoms with Crippen molar-refractivity contribution in [2.75, 3.05) is 32.1 Å². The number of nitrogens with zero attached hydrogens (tertiary/aromatic N) is 5. The minimum absolute atomic E-state index is 0.446. The van der Waals surface area contributed by atoms with Crippen LogP contribution in [-0.4, -0.2) is 51.6 Å². The summed E-state index contributed by atoms with van der Waals surface area (Å²) in [7, 11) is 1.70. The first kappa shape index (κ1) is 21.3. The van der Waals surface area contributed by atoms with Gasteiger partial charge in [-0.3, -0.25) is 9.88 Å². The fourth-order valence-electron chi connectivity index (χ4n) is 3.96. The number of ether oxygens (including phenoxy) is 1. The van der Waals surface area contributed by atoms with Crippen LogP contribution in [0.15, 0.2) is 49.1 Å². The highest BCUT2D eigenvalue weighted by atomic mass is 16.5. The molecular weight excluding hydrogens is 388 g/mol. The maximum absolute atomic E-state index is 5.09. The Morgan fingerprint density at radius 2 is 1.97 bits per heavy atom. The molecule has 1 N–H and O–H groups in total.